The Morgan fingerprint density at radius 2 is 2.09 bits per heavy atom. The first-order chi connectivity index (χ1) is 10.2. The predicted octanol–water partition coefficient (Wildman–Crippen LogP) is 3.00. The minimum absolute atomic E-state index is 0.0200. The van der Waals surface area contributed by atoms with Gasteiger partial charge in [-0.2, -0.15) is 0 Å². The monoisotopic (exact) mass is 324 g/mol. The van der Waals surface area contributed by atoms with E-state index in [1.165, 1.54) is 6.92 Å². The van der Waals surface area contributed by atoms with E-state index in [2.05, 4.69) is 13.2 Å². The molecule has 0 bridgehead atoms. The van der Waals surface area contributed by atoms with Gasteiger partial charge in [-0.15, -0.1) is 11.6 Å². The number of alkyl halides is 1. The van der Waals surface area contributed by atoms with E-state index in [1.54, 1.807) is 0 Å². The van der Waals surface area contributed by atoms with E-state index in [-0.39, 0.29) is 35.8 Å². The Morgan fingerprint density at radius 3 is 2.73 bits per heavy atom. The standard InChI is InChI=1S/C17H21ClO4/c1-8-5-6-11-9(2)16(20)22-15(11)14-12(8)7-13(17(14,4)18)21-10(3)19/h11-15H,1-2,5-7H2,3-4H3/t11-,12?,13+,14?,15-,17-/m0/s1. The third-order valence-corrected chi connectivity index (χ3v) is 5.99. The molecule has 6 atom stereocenters. The Kier molecular flexibility index (Phi) is 3.63. The van der Waals surface area contributed by atoms with Crippen LogP contribution in [-0.4, -0.2) is 29.0 Å². The maximum atomic E-state index is 11.9. The van der Waals surface area contributed by atoms with Crippen LogP contribution in [0.4, 0.5) is 0 Å². The number of carbonyl (C=O) groups is 2. The second-order valence-corrected chi connectivity index (χ2v) is 7.63. The molecule has 0 N–H and O–H groups in total. The fraction of sp³-hybridized carbons (Fsp3) is 0.647. The molecule has 2 unspecified atom stereocenters. The molecule has 1 saturated heterocycles. The number of carbonyl (C=O) groups excluding carboxylic acids is 2. The summed E-state index contributed by atoms with van der Waals surface area (Å²) in [5.74, 6) is -0.705. The van der Waals surface area contributed by atoms with Gasteiger partial charge in [-0.05, 0) is 32.1 Å². The van der Waals surface area contributed by atoms with Crippen LogP contribution in [0.3, 0.4) is 0 Å². The Labute approximate surface area is 135 Å². The molecule has 0 radical (unpaired) electrons. The van der Waals surface area contributed by atoms with Gasteiger partial charge in [0.2, 0.25) is 0 Å². The quantitative estimate of drug-likeness (QED) is 0.322. The van der Waals surface area contributed by atoms with Gasteiger partial charge >= 0.3 is 11.9 Å². The first-order valence-corrected chi connectivity index (χ1v) is 8.04. The largest absolute Gasteiger partial charge is 0.461 e. The molecule has 0 spiro atoms. The molecular weight excluding hydrogens is 304 g/mol. The maximum Gasteiger partial charge on any atom is 0.334 e. The highest BCUT2D eigenvalue weighted by Crippen LogP contribution is 2.57. The van der Waals surface area contributed by atoms with E-state index < -0.39 is 11.0 Å². The van der Waals surface area contributed by atoms with Crippen molar-refractivity contribution in [2.45, 2.75) is 50.2 Å². The van der Waals surface area contributed by atoms with Crippen molar-refractivity contribution < 1.29 is 19.1 Å². The van der Waals surface area contributed by atoms with Gasteiger partial charge in [-0.1, -0.05) is 18.7 Å². The molecule has 3 fully saturated rings. The molecular formula is C17H21ClO4. The lowest BCUT2D eigenvalue weighted by atomic mass is 9.79. The number of esters is 2. The van der Waals surface area contributed by atoms with E-state index in [1.807, 2.05) is 6.92 Å². The van der Waals surface area contributed by atoms with Crippen molar-refractivity contribution in [2.24, 2.45) is 17.8 Å². The normalized spacial score (nSPS) is 44.1. The zero-order chi connectivity index (χ0) is 16.2. The Morgan fingerprint density at radius 1 is 1.41 bits per heavy atom. The molecule has 1 aliphatic heterocycles. The van der Waals surface area contributed by atoms with Crippen LogP contribution >= 0.6 is 11.6 Å². The van der Waals surface area contributed by atoms with E-state index >= 15 is 0 Å². The van der Waals surface area contributed by atoms with Crippen molar-refractivity contribution in [1.82, 2.24) is 0 Å². The van der Waals surface area contributed by atoms with Crippen molar-refractivity contribution >= 4 is 23.5 Å². The minimum Gasteiger partial charge on any atom is -0.461 e. The number of ether oxygens (including phenoxy) is 2. The molecule has 1 heterocycles. The first kappa shape index (κ1) is 15.6. The number of rotatable bonds is 1. The third-order valence-electron chi connectivity index (χ3n) is 5.50. The fourth-order valence-corrected chi connectivity index (χ4v) is 4.78. The summed E-state index contributed by atoms with van der Waals surface area (Å²) >= 11 is 6.81. The first-order valence-electron chi connectivity index (χ1n) is 7.67. The van der Waals surface area contributed by atoms with Crippen LogP contribution in [0.25, 0.3) is 0 Å². The average molecular weight is 325 g/mol. The molecule has 2 aliphatic carbocycles. The van der Waals surface area contributed by atoms with Gasteiger partial charge in [-0.25, -0.2) is 4.79 Å². The summed E-state index contributed by atoms with van der Waals surface area (Å²) in [6, 6.07) is 0. The number of hydrogen-bond donors (Lipinski definition) is 0. The van der Waals surface area contributed by atoms with E-state index in [0.717, 1.165) is 18.4 Å². The number of hydrogen-bond acceptors (Lipinski definition) is 4. The Bertz CT molecular complexity index is 565. The summed E-state index contributed by atoms with van der Waals surface area (Å²) in [5, 5.41) is 0. The highest BCUT2D eigenvalue weighted by Gasteiger charge is 2.61. The van der Waals surface area contributed by atoms with Crippen LogP contribution in [0.15, 0.2) is 24.3 Å². The molecule has 0 amide bonds. The second kappa shape index (κ2) is 5.12. The SMILES string of the molecule is C=C1CC[C@H]2C(=C)C(=O)O[C@@H]2C2C1C[C@@H](OC(C)=O)[C@]2(C)Cl. The molecule has 4 nitrogen and oxygen atoms in total. The number of halogens is 1. The molecule has 5 heteroatoms. The lowest BCUT2D eigenvalue weighted by molar-refractivity contribution is -0.149. The summed E-state index contributed by atoms with van der Waals surface area (Å²) < 4.78 is 11.0. The zero-order valence-electron chi connectivity index (χ0n) is 12.9. The molecule has 0 aromatic heterocycles. The third kappa shape index (κ3) is 2.19. The smallest absolute Gasteiger partial charge is 0.334 e. The van der Waals surface area contributed by atoms with Crippen molar-refractivity contribution in [3.05, 3.63) is 24.3 Å². The van der Waals surface area contributed by atoms with Crippen molar-refractivity contribution in [2.75, 3.05) is 0 Å². The summed E-state index contributed by atoms with van der Waals surface area (Å²) in [5.41, 5.74) is 1.63. The summed E-state index contributed by atoms with van der Waals surface area (Å²) in [7, 11) is 0. The molecule has 2 saturated carbocycles. The second-order valence-electron chi connectivity index (χ2n) is 6.82. The van der Waals surface area contributed by atoms with Crippen LogP contribution in [0.2, 0.25) is 0 Å². The molecule has 3 aliphatic rings. The zero-order valence-corrected chi connectivity index (χ0v) is 13.7. The topological polar surface area (TPSA) is 52.6 Å². The van der Waals surface area contributed by atoms with Gasteiger partial charge in [-0.3, -0.25) is 4.79 Å². The van der Waals surface area contributed by atoms with Gasteiger partial charge in [0.05, 0.1) is 4.87 Å². The van der Waals surface area contributed by atoms with Gasteiger partial charge in [0.1, 0.15) is 12.2 Å². The fourth-order valence-electron chi connectivity index (χ4n) is 4.37. The highest BCUT2D eigenvalue weighted by molar-refractivity contribution is 6.24. The molecule has 120 valence electrons. The van der Waals surface area contributed by atoms with Gasteiger partial charge in [0.25, 0.3) is 0 Å². The van der Waals surface area contributed by atoms with E-state index in [4.69, 9.17) is 21.1 Å². The van der Waals surface area contributed by atoms with Crippen LogP contribution in [-0.2, 0) is 19.1 Å². The van der Waals surface area contributed by atoms with Crippen molar-refractivity contribution in [3.63, 3.8) is 0 Å². The van der Waals surface area contributed by atoms with Crippen molar-refractivity contribution in [1.29, 1.82) is 0 Å². The van der Waals surface area contributed by atoms with Gasteiger partial charge in [0.15, 0.2) is 0 Å². The Hall–Kier alpha value is -1.29. The van der Waals surface area contributed by atoms with Crippen LogP contribution in [0.5, 0.6) is 0 Å². The van der Waals surface area contributed by atoms with E-state index in [0.29, 0.717) is 12.0 Å². The van der Waals surface area contributed by atoms with E-state index in [9.17, 15) is 9.59 Å². The van der Waals surface area contributed by atoms with Gasteiger partial charge in [0, 0.05) is 24.3 Å². The summed E-state index contributed by atoms with van der Waals surface area (Å²) in [6.07, 6.45) is 1.57. The van der Waals surface area contributed by atoms with Crippen LogP contribution in [0, 0.1) is 17.8 Å². The highest BCUT2D eigenvalue weighted by atomic mass is 35.5. The molecule has 0 aromatic carbocycles. The van der Waals surface area contributed by atoms with Crippen molar-refractivity contribution in [3.8, 4) is 0 Å². The molecule has 0 aromatic rings. The summed E-state index contributed by atoms with van der Waals surface area (Å²) in [4.78, 5) is 22.5. The van der Waals surface area contributed by atoms with Crippen LogP contribution in [0.1, 0.15) is 33.1 Å². The van der Waals surface area contributed by atoms with Crippen LogP contribution < -0.4 is 0 Å². The lowest BCUT2D eigenvalue weighted by Gasteiger charge is -2.35. The number of fused-ring (bicyclic) bond motifs is 3. The minimum atomic E-state index is -0.780. The Balaban J connectivity index is 1.99. The summed E-state index contributed by atoms with van der Waals surface area (Å²) in [6.45, 7) is 11.3. The lowest BCUT2D eigenvalue weighted by Crippen LogP contribution is -2.44. The van der Waals surface area contributed by atoms with Gasteiger partial charge < -0.3 is 9.47 Å². The molecule has 3 rings (SSSR count). The predicted molar refractivity (Wildman–Crippen MR) is 82.3 cm³/mol. The average Bonchev–Trinajstić information content (AvgIpc) is 2.76. The maximum absolute atomic E-state index is 11.9. The molecule has 22 heavy (non-hydrogen) atoms. The number of allylic oxidation sites excluding steroid dienone is 1.